The van der Waals surface area contributed by atoms with Crippen molar-refractivity contribution >= 4 is 5.97 Å². The van der Waals surface area contributed by atoms with Gasteiger partial charge in [0.15, 0.2) is 0 Å². The number of rotatable bonds is 2. The van der Waals surface area contributed by atoms with E-state index in [2.05, 4.69) is 18.7 Å². The van der Waals surface area contributed by atoms with Crippen molar-refractivity contribution in [1.29, 1.82) is 0 Å². The second-order valence-electron chi connectivity index (χ2n) is 4.52. The molecule has 0 amide bonds. The molecule has 0 aromatic rings. The first-order valence-electron chi connectivity index (χ1n) is 4.88. The molecule has 1 saturated heterocycles. The number of carbonyl (C=O) groups is 1. The van der Waals surface area contributed by atoms with Crippen molar-refractivity contribution in [1.82, 2.24) is 4.90 Å². The van der Waals surface area contributed by atoms with Gasteiger partial charge in [0.1, 0.15) is 0 Å². The van der Waals surface area contributed by atoms with Gasteiger partial charge < -0.3 is 10.0 Å². The van der Waals surface area contributed by atoms with Crippen LogP contribution in [0.1, 0.15) is 20.8 Å². The lowest BCUT2D eigenvalue weighted by atomic mass is 9.86. The predicted octanol–water partition coefficient (Wildman–Crippen LogP) is 1.29. The van der Waals surface area contributed by atoms with E-state index in [0.29, 0.717) is 5.92 Å². The molecule has 0 aliphatic carbocycles. The maximum atomic E-state index is 11.0. The van der Waals surface area contributed by atoms with Crippen LogP contribution in [0.3, 0.4) is 0 Å². The van der Waals surface area contributed by atoms with Gasteiger partial charge in [0, 0.05) is 12.6 Å². The Balaban J connectivity index is 2.83. The zero-order valence-electron chi connectivity index (χ0n) is 8.82. The van der Waals surface area contributed by atoms with Crippen molar-refractivity contribution in [3.63, 3.8) is 0 Å². The van der Waals surface area contributed by atoms with Gasteiger partial charge in [-0.2, -0.15) is 0 Å². The first-order valence-corrected chi connectivity index (χ1v) is 4.88. The molecule has 0 bridgehead atoms. The SMILES string of the molecule is CC(C)C1C(C(=O)O)C(C)CN1C. The van der Waals surface area contributed by atoms with Crippen LogP contribution in [-0.4, -0.2) is 35.6 Å². The first-order chi connectivity index (χ1) is 5.95. The Morgan fingerprint density at radius 3 is 2.38 bits per heavy atom. The highest BCUT2D eigenvalue weighted by Crippen LogP contribution is 2.32. The number of aliphatic carboxylic acids is 1. The standard InChI is InChI=1S/C10H19NO2/c1-6(2)9-8(10(12)13)7(3)5-11(9)4/h6-9H,5H2,1-4H3,(H,12,13). The summed E-state index contributed by atoms with van der Waals surface area (Å²) in [6.07, 6.45) is 0. The smallest absolute Gasteiger partial charge is 0.308 e. The molecular formula is C10H19NO2. The van der Waals surface area contributed by atoms with Gasteiger partial charge in [-0.25, -0.2) is 0 Å². The lowest BCUT2D eigenvalue weighted by Gasteiger charge is -2.26. The third-order valence-electron chi connectivity index (χ3n) is 3.03. The molecule has 1 N–H and O–H groups in total. The van der Waals surface area contributed by atoms with Crippen molar-refractivity contribution in [3.05, 3.63) is 0 Å². The van der Waals surface area contributed by atoms with E-state index in [1.807, 2.05) is 14.0 Å². The Kier molecular flexibility index (Phi) is 2.96. The Bertz CT molecular complexity index is 203. The third-order valence-corrected chi connectivity index (χ3v) is 3.03. The van der Waals surface area contributed by atoms with Crippen LogP contribution in [-0.2, 0) is 4.79 Å². The number of hydrogen-bond acceptors (Lipinski definition) is 2. The summed E-state index contributed by atoms with van der Waals surface area (Å²) in [5.74, 6) is -0.147. The summed E-state index contributed by atoms with van der Waals surface area (Å²) in [4.78, 5) is 13.2. The van der Waals surface area contributed by atoms with Crippen molar-refractivity contribution < 1.29 is 9.90 Å². The zero-order chi connectivity index (χ0) is 10.2. The van der Waals surface area contributed by atoms with Crippen LogP contribution < -0.4 is 0 Å². The second kappa shape index (κ2) is 3.66. The summed E-state index contributed by atoms with van der Waals surface area (Å²) in [5.41, 5.74) is 0. The molecule has 1 aliphatic heterocycles. The second-order valence-corrected chi connectivity index (χ2v) is 4.52. The minimum atomic E-state index is -0.643. The van der Waals surface area contributed by atoms with Crippen LogP contribution in [0.2, 0.25) is 0 Å². The van der Waals surface area contributed by atoms with Gasteiger partial charge in [0.05, 0.1) is 5.92 Å². The first kappa shape index (κ1) is 10.5. The third kappa shape index (κ3) is 1.85. The quantitative estimate of drug-likeness (QED) is 0.704. The van der Waals surface area contributed by atoms with Gasteiger partial charge in [-0.15, -0.1) is 0 Å². The van der Waals surface area contributed by atoms with Gasteiger partial charge >= 0.3 is 5.97 Å². The Labute approximate surface area is 79.7 Å². The van der Waals surface area contributed by atoms with E-state index in [0.717, 1.165) is 6.54 Å². The lowest BCUT2D eigenvalue weighted by molar-refractivity contribution is -0.144. The van der Waals surface area contributed by atoms with Crippen molar-refractivity contribution in [2.75, 3.05) is 13.6 Å². The average molecular weight is 185 g/mol. The van der Waals surface area contributed by atoms with E-state index in [9.17, 15) is 4.79 Å². The summed E-state index contributed by atoms with van der Waals surface area (Å²) in [7, 11) is 2.02. The monoisotopic (exact) mass is 185 g/mol. The van der Waals surface area contributed by atoms with Crippen LogP contribution in [0.5, 0.6) is 0 Å². The molecule has 3 heteroatoms. The van der Waals surface area contributed by atoms with E-state index in [1.165, 1.54) is 0 Å². The molecule has 13 heavy (non-hydrogen) atoms. The number of likely N-dealkylation sites (tertiary alicyclic amines) is 1. The normalized spacial score (nSPS) is 35.6. The van der Waals surface area contributed by atoms with Crippen LogP contribution in [0.25, 0.3) is 0 Å². The number of nitrogens with zero attached hydrogens (tertiary/aromatic N) is 1. The molecule has 1 heterocycles. The minimum absolute atomic E-state index is 0.190. The largest absolute Gasteiger partial charge is 0.481 e. The summed E-state index contributed by atoms with van der Waals surface area (Å²) in [5, 5.41) is 9.09. The van der Waals surface area contributed by atoms with Gasteiger partial charge in [-0.1, -0.05) is 20.8 Å². The highest BCUT2D eigenvalue weighted by Gasteiger charge is 2.43. The van der Waals surface area contributed by atoms with E-state index < -0.39 is 5.97 Å². The number of carboxylic acid groups (broad SMARTS) is 1. The fourth-order valence-electron chi connectivity index (χ4n) is 2.61. The van der Waals surface area contributed by atoms with Crippen LogP contribution >= 0.6 is 0 Å². The predicted molar refractivity (Wildman–Crippen MR) is 51.5 cm³/mol. The van der Waals surface area contributed by atoms with E-state index in [4.69, 9.17) is 5.11 Å². The molecule has 1 rings (SSSR count). The maximum Gasteiger partial charge on any atom is 0.308 e. The molecule has 76 valence electrons. The molecule has 3 nitrogen and oxygen atoms in total. The molecule has 0 spiro atoms. The highest BCUT2D eigenvalue weighted by atomic mass is 16.4. The number of hydrogen-bond donors (Lipinski definition) is 1. The van der Waals surface area contributed by atoms with Crippen molar-refractivity contribution in [2.45, 2.75) is 26.8 Å². The molecule has 0 radical (unpaired) electrons. The molecule has 0 saturated carbocycles. The van der Waals surface area contributed by atoms with E-state index in [-0.39, 0.29) is 17.9 Å². The lowest BCUT2D eigenvalue weighted by Crippen LogP contribution is -2.37. The Morgan fingerprint density at radius 2 is 2.08 bits per heavy atom. The van der Waals surface area contributed by atoms with Crippen LogP contribution in [0, 0.1) is 17.8 Å². The zero-order valence-corrected chi connectivity index (χ0v) is 8.82. The van der Waals surface area contributed by atoms with Crippen LogP contribution in [0.4, 0.5) is 0 Å². The summed E-state index contributed by atoms with van der Waals surface area (Å²) >= 11 is 0. The fourth-order valence-corrected chi connectivity index (χ4v) is 2.61. The molecule has 0 aromatic carbocycles. The number of carboxylic acids is 1. The average Bonchev–Trinajstić information content (AvgIpc) is 2.24. The Hall–Kier alpha value is -0.570. The summed E-state index contributed by atoms with van der Waals surface area (Å²) in [6.45, 7) is 7.11. The minimum Gasteiger partial charge on any atom is -0.481 e. The maximum absolute atomic E-state index is 11.0. The van der Waals surface area contributed by atoms with E-state index >= 15 is 0 Å². The molecule has 3 unspecified atom stereocenters. The van der Waals surface area contributed by atoms with Gasteiger partial charge in [-0.05, 0) is 18.9 Å². The molecular weight excluding hydrogens is 166 g/mol. The summed E-state index contributed by atoms with van der Waals surface area (Å²) < 4.78 is 0. The topological polar surface area (TPSA) is 40.5 Å². The molecule has 1 aliphatic rings. The van der Waals surface area contributed by atoms with Crippen molar-refractivity contribution in [3.8, 4) is 0 Å². The molecule has 0 aromatic heterocycles. The summed E-state index contributed by atoms with van der Waals surface area (Å²) in [6, 6.07) is 0.201. The highest BCUT2D eigenvalue weighted by molar-refractivity contribution is 5.71. The molecule has 3 atom stereocenters. The van der Waals surface area contributed by atoms with Gasteiger partial charge in [-0.3, -0.25) is 4.79 Å². The molecule has 1 fully saturated rings. The van der Waals surface area contributed by atoms with Gasteiger partial charge in [0.25, 0.3) is 0 Å². The van der Waals surface area contributed by atoms with Crippen molar-refractivity contribution in [2.24, 2.45) is 17.8 Å². The fraction of sp³-hybridized carbons (Fsp3) is 0.900. The van der Waals surface area contributed by atoms with Gasteiger partial charge in [0.2, 0.25) is 0 Å². The van der Waals surface area contributed by atoms with Crippen LogP contribution in [0.15, 0.2) is 0 Å². The Morgan fingerprint density at radius 1 is 1.54 bits per heavy atom. The van der Waals surface area contributed by atoms with E-state index in [1.54, 1.807) is 0 Å².